The van der Waals surface area contributed by atoms with Gasteiger partial charge in [0.15, 0.2) is 0 Å². The van der Waals surface area contributed by atoms with Gasteiger partial charge in [0.1, 0.15) is 22.6 Å². The summed E-state index contributed by atoms with van der Waals surface area (Å²) in [5.74, 6) is 1.17. The molecule has 1 unspecified atom stereocenters. The molecule has 0 N–H and O–H groups in total. The number of piperidine rings is 1. The molecule has 1 aliphatic rings. The van der Waals surface area contributed by atoms with E-state index < -0.39 is 10.0 Å². The summed E-state index contributed by atoms with van der Waals surface area (Å²) in [5.41, 5.74) is 0. The maximum atomic E-state index is 13.0. The van der Waals surface area contributed by atoms with Crippen LogP contribution in [0.3, 0.4) is 0 Å². The standard InChI is InChI=1S/C19H23ClN2O4S/c1-14(2)25-15-5-7-17(8-6-15)27(23,24)22-11-3-4-16(13-22)26-19-9-10-21-12-18(19)20/h5-10,12,14,16H,3-4,11,13H2,1-2H3. The van der Waals surface area contributed by atoms with Crippen LogP contribution in [0.4, 0.5) is 0 Å². The summed E-state index contributed by atoms with van der Waals surface area (Å²) in [5, 5.41) is 0.415. The zero-order chi connectivity index (χ0) is 19.4. The highest BCUT2D eigenvalue weighted by atomic mass is 35.5. The topological polar surface area (TPSA) is 68.7 Å². The first-order valence-electron chi connectivity index (χ1n) is 8.89. The monoisotopic (exact) mass is 410 g/mol. The summed E-state index contributed by atoms with van der Waals surface area (Å²) in [6, 6.07) is 8.21. The van der Waals surface area contributed by atoms with Gasteiger partial charge >= 0.3 is 0 Å². The van der Waals surface area contributed by atoms with E-state index in [2.05, 4.69) is 4.98 Å². The number of aromatic nitrogens is 1. The minimum Gasteiger partial charge on any atom is -0.491 e. The van der Waals surface area contributed by atoms with E-state index in [0.29, 0.717) is 23.1 Å². The molecule has 3 rings (SSSR count). The Balaban J connectivity index is 1.71. The van der Waals surface area contributed by atoms with Crippen molar-refractivity contribution < 1.29 is 17.9 Å². The fraction of sp³-hybridized carbons (Fsp3) is 0.421. The van der Waals surface area contributed by atoms with Gasteiger partial charge in [-0.15, -0.1) is 0 Å². The van der Waals surface area contributed by atoms with Gasteiger partial charge in [-0.3, -0.25) is 4.98 Å². The third-order valence-electron chi connectivity index (χ3n) is 4.20. The summed E-state index contributed by atoms with van der Waals surface area (Å²) in [4.78, 5) is 4.18. The second kappa shape index (κ2) is 8.46. The minimum atomic E-state index is -3.59. The van der Waals surface area contributed by atoms with Gasteiger partial charge in [-0.1, -0.05) is 11.6 Å². The normalized spacial score (nSPS) is 18.4. The van der Waals surface area contributed by atoms with Gasteiger partial charge in [-0.05, 0) is 51.0 Å². The van der Waals surface area contributed by atoms with Crippen molar-refractivity contribution in [1.82, 2.24) is 9.29 Å². The van der Waals surface area contributed by atoms with Crippen molar-refractivity contribution in [3.05, 3.63) is 47.7 Å². The highest BCUT2D eigenvalue weighted by Gasteiger charge is 2.31. The molecule has 6 nitrogen and oxygen atoms in total. The summed E-state index contributed by atoms with van der Waals surface area (Å²) in [6.07, 6.45) is 4.38. The zero-order valence-electron chi connectivity index (χ0n) is 15.3. The first kappa shape index (κ1) is 19.9. The first-order chi connectivity index (χ1) is 12.9. The van der Waals surface area contributed by atoms with Crippen LogP contribution in [0.15, 0.2) is 47.6 Å². The van der Waals surface area contributed by atoms with Gasteiger partial charge in [0.05, 0.1) is 17.5 Å². The molecule has 27 heavy (non-hydrogen) atoms. The zero-order valence-corrected chi connectivity index (χ0v) is 16.9. The Labute approximate surface area is 165 Å². The lowest BCUT2D eigenvalue weighted by Gasteiger charge is -2.32. The fourth-order valence-corrected chi connectivity index (χ4v) is 4.64. The molecule has 1 saturated heterocycles. The van der Waals surface area contributed by atoms with E-state index in [-0.39, 0.29) is 23.6 Å². The van der Waals surface area contributed by atoms with Gasteiger partial charge < -0.3 is 9.47 Å². The number of hydrogen-bond acceptors (Lipinski definition) is 5. The van der Waals surface area contributed by atoms with Crippen molar-refractivity contribution in [3.63, 3.8) is 0 Å². The molecule has 146 valence electrons. The van der Waals surface area contributed by atoms with E-state index in [4.69, 9.17) is 21.1 Å². The molecular weight excluding hydrogens is 388 g/mol. The highest BCUT2D eigenvalue weighted by Crippen LogP contribution is 2.28. The first-order valence-corrected chi connectivity index (χ1v) is 10.7. The van der Waals surface area contributed by atoms with Crippen LogP contribution >= 0.6 is 11.6 Å². The van der Waals surface area contributed by atoms with E-state index >= 15 is 0 Å². The molecule has 1 atom stereocenters. The largest absolute Gasteiger partial charge is 0.491 e. The van der Waals surface area contributed by atoms with Crippen LogP contribution in [0.25, 0.3) is 0 Å². The molecule has 1 aromatic heterocycles. The van der Waals surface area contributed by atoms with E-state index in [0.717, 1.165) is 12.8 Å². The number of rotatable bonds is 6. The number of benzene rings is 1. The van der Waals surface area contributed by atoms with Gasteiger partial charge in [0.2, 0.25) is 10.0 Å². The van der Waals surface area contributed by atoms with Crippen LogP contribution in [0, 0.1) is 0 Å². The van der Waals surface area contributed by atoms with Crippen LogP contribution in [-0.2, 0) is 10.0 Å². The second-order valence-corrected chi connectivity index (χ2v) is 9.03. The number of halogens is 1. The Hall–Kier alpha value is -1.83. The third-order valence-corrected chi connectivity index (χ3v) is 6.37. The quantitative estimate of drug-likeness (QED) is 0.725. The molecule has 1 aliphatic heterocycles. The lowest BCUT2D eigenvalue weighted by atomic mass is 10.1. The molecule has 0 aliphatic carbocycles. The predicted molar refractivity (Wildman–Crippen MR) is 104 cm³/mol. The Kier molecular flexibility index (Phi) is 6.24. The smallest absolute Gasteiger partial charge is 0.243 e. The number of ether oxygens (including phenoxy) is 2. The third kappa shape index (κ3) is 4.91. The second-order valence-electron chi connectivity index (χ2n) is 6.69. The molecule has 1 fully saturated rings. The maximum absolute atomic E-state index is 13.0. The highest BCUT2D eigenvalue weighted by molar-refractivity contribution is 7.89. The van der Waals surface area contributed by atoms with E-state index in [9.17, 15) is 8.42 Å². The van der Waals surface area contributed by atoms with Crippen molar-refractivity contribution in [2.45, 2.75) is 43.8 Å². The molecule has 1 aromatic carbocycles. The average Bonchev–Trinajstić information content (AvgIpc) is 2.64. The number of sulfonamides is 1. The average molecular weight is 411 g/mol. The molecule has 0 radical (unpaired) electrons. The molecule has 0 amide bonds. The molecule has 8 heteroatoms. The lowest BCUT2D eigenvalue weighted by molar-refractivity contribution is 0.130. The molecule has 2 aromatic rings. The Morgan fingerprint density at radius 2 is 1.96 bits per heavy atom. The Morgan fingerprint density at radius 3 is 2.63 bits per heavy atom. The van der Waals surface area contributed by atoms with Crippen LogP contribution in [0.2, 0.25) is 5.02 Å². The molecule has 2 heterocycles. The van der Waals surface area contributed by atoms with E-state index in [1.165, 1.54) is 10.5 Å². The van der Waals surface area contributed by atoms with Crippen molar-refractivity contribution >= 4 is 21.6 Å². The molecule has 0 spiro atoms. The Morgan fingerprint density at radius 1 is 1.22 bits per heavy atom. The lowest BCUT2D eigenvalue weighted by Crippen LogP contribution is -2.44. The maximum Gasteiger partial charge on any atom is 0.243 e. The molecular formula is C19H23ClN2O4S. The number of pyridine rings is 1. The van der Waals surface area contributed by atoms with Crippen molar-refractivity contribution in [3.8, 4) is 11.5 Å². The summed E-state index contributed by atoms with van der Waals surface area (Å²) in [7, 11) is -3.59. The van der Waals surface area contributed by atoms with Gasteiger partial charge in [-0.25, -0.2) is 8.42 Å². The van der Waals surface area contributed by atoms with Gasteiger partial charge in [0, 0.05) is 25.0 Å². The van der Waals surface area contributed by atoms with Gasteiger partial charge in [0.25, 0.3) is 0 Å². The summed E-state index contributed by atoms with van der Waals surface area (Å²) in [6.45, 7) is 4.60. The van der Waals surface area contributed by atoms with E-state index in [1.54, 1.807) is 36.5 Å². The van der Waals surface area contributed by atoms with Crippen molar-refractivity contribution in [2.24, 2.45) is 0 Å². The van der Waals surface area contributed by atoms with Crippen LogP contribution in [0.5, 0.6) is 11.5 Å². The predicted octanol–water partition coefficient (Wildman–Crippen LogP) is 3.75. The number of hydrogen-bond donors (Lipinski definition) is 0. The Bertz CT molecular complexity index is 872. The summed E-state index contributed by atoms with van der Waals surface area (Å²) < 4.78 is 38.9. The van der Waals surface area contributed by atoms with E-state index in [1.807, 2.05) is 13.8 Å². The fourth-order valence-electron chi connectivity index (χ4n) is 2.97. The summed E-state index contributed by atoms with van der Waals surface area (Å²) >= 11 is 6.09. The van der Waals surface area contributed by atoms with Crippen molar-refractivity contribution in [1.29, 1.82) is 0 Å². The molecule has 0 bridgehead atoms. The number of nitrogens with zero attached hydrogens (tertiary/aromatic N) is 2. The van der Waals surface area contributed by atoms with Crippen LogP contribution in [0.1, 0.15) is 26.7 Å². The van der Waals surface area contributed by atoms with Crippen molar-refractivity contribution in [2.75, 3.05) is 13.1 Å². The SMILES string of the molecule is CC(C)Oc1ccc(S(=O)(=O)N2CCCC(Oc3ccncc3Cl)C2)cc1. The van der Waals surface area contributed by atoms with Crippen LogP contribution < -0.4 is 9.47 Å². The van der Waals surface area contributed by atoms with Crippen LogP contribution in [-0.4, -0.2) is 43.0 Å². The van der Waals surface area contributed by atoms with Gasteiger partial charge in [-0.2, -0.15) is 4.31 Å². The molecule has 0 saturated carbocycles. The minimum absolute atomic E-state index is 0.0347.